The summed E-state index contributed by atoms with van der Waals surface area (Å²) in [6, 6.07) is 7.23. The third kappa shape index (κ3) is 3.21. The van der Waals surface area contributed by atoms with Gasteiger partial charge in [0.1, 0.15) is 0 Å². The van der Waals surface area contributed by atoms with Crippen LogP contribution in [0.15, 0.2) is 36.9 Å². The first-order chi connectivity index (χ1) is 13.0. The Hall–Kier alpha value is -3.08. The Morgan fingerprint density at radius 2 is 1.63 bits per heavy atom. The van der Waals surface area contributed by atoms with Gasteiger partial charge in [-0.25, -0.2) is 0 Å². The van der Waals surface area contributed by atoms with E-state index in [1.165, 1.54) is 7.11 Å². The number of rotatable bonds is 6. The second kappa shape index (κ2) is 7.66. The highest BCUT2D eigenvalue weighted by Crippen LogP contribution is 2.48. The van der Waals surface area contributed by atoms with Gasteiger partial charge in [-0.05, 0) is 53.3 Å². The predicted octanol–water partition coefficient (Wildman–Crippen LogP) is 4.47. The first-order valence-electron chi connectivity index (χ1n) is 8.64. The van der Waals surface area contributed by atoms with E-state index in [0.717, 1.165) is 40.7 Å². The second-order valence-corrected chi connectivity index (χ2v) is 6.19. The van der Waals surface area contributed by atoms with E-state index in [-0.39, 0.29) is 5.75 Å². The number of ether oxygens (including phenoxy) is 4. The van der Waals surface area contributed by atoms with Gasteiger partial charge < -0.3 is 24.1 Å². The maximum absolute atomic E-state index is 10.1. The summed E-state index contributed by atoms with van der Waals surface area (Å²) in [5.74, 6) is 2.39. The lowest BCUT2D eigenvalue weighted by molar-refractivity contribution is 0.322. The van der Waals surface area contributed by atoms with Gasteiger partial charge in [-0.15, -0.1) is 0 Å². The SMILES string of the molecule is C=C(C1=CCCc2c1cc(OC)c(OC)c2OC)c1ccc(OC)c(O)c1. The van der Waals surface area contributed by atoms with Crippen molar-refractivity contribution in [3.63, 3.8) is 0 Å². The predicted molar refractivity (Wildman–Crippen MR) is 106 cm³/mol. The van der Waals surface area contributed by atoms with E-state index in [1.807, 2.05) is 12.1 Å². The minimum Gasteiger partial charge on any atom is -0.504 e. The van der Waals surface area contributed by atoms with E-state index in [0.29, 0.717) is 23.0 Å². The maximum Gasteiger partial charge on any atom is 0.203 e. The van der Waals surface area contributed by atoms with Gasteiger partial charge in [-0.2, -0.15) is 0 Å². The molecule has 0 bridgehead atoms. The van der Waals surface area contributed by atoms with E-state index >= 15 is 0 Å². The molecule has 3 rings (SSSR count). The Kier molecular flexibility index (Phi) is 5.31. The summed E-state index contributed by atoms with van der Waals surface area (Å²) in [6.07, 6.45) is 3.84. The number of fused-ring (bicyclic) bond motifs is 1. The quantitative estimate of drug-likeness (QED) is 0.815. The van der Waals surface area contributed by atoms with Gasteiger partial charge in [0, 0.05) is 5.56 Å². The van der Waals surface area contributed by atoms with Crippen LogP contribution in [0.3, 0.4) is 0 Å². The van der Waals surface area contributed by atoms with Crippen LogP contribution in [-0.2, 0) is 6.42 Å². The van der Waals surface area contributed by atoms with E-state index in [1.54, 1.807) is 33.5 Å². The summed E-state index contributed by atoms with van der Waals surface area (Å²) in [5, 5.41) is 10.1. The van der Waals surface area contributed by atoms with Crippen LogP contribution in [0.2, 0.25) is 0 Å². The molecule has 0 saturated heterocycles. The molecule has 0 radical (unpaired) electrons. The summed E-state index contributed by atoms with van der Waals surface area (Å²) < 4.78 is 21.8. The molecule has 2 aromatic carbocycles. The Labute approximate surface area is 159 Å². The van der Waals surface area contributed by atoms with Crippen molar-refractivity contribution in [3.05, 3.63) is 53.6 Å². The molecule has 2 aromatic rings. The molecule has 0 spiro atoms. The molecule has 5 heteroatoms. The van der Waals surface area contributed by atoms with Gasteiger partial charge >= 0.3 is 0 Å². The van der Waals surface area contributed by atoms with Crippen LogP contribution in [0.4, 0.5) is 0 Å². The number of phenols is 1. The molecule has 0 aliphatic heterocycles. The van der Waals surface area contributed by atoms with Crippen LogP contribution < -0.4 is 18.9 Å². The number of phenolic OH excluding ortho intramolecular Hbond substituents is 1. The summed E-state index contributed by atoms with van der Waals surface area (Å²) in [5.41, 5.74) is 4.67. The molecule has 1 aliphatic carbocycles. The van der Waals surface area contributed by atoms with Crippen LogP contribution in [0.5, 0.6) is 28.7 Å². The maximum atomic E-state index is 10.1. The summed E-state index contributed by atoms with van der Waals surface area (Å²) in [6.45, 7) is 4.26. The molecule has 0 saturated carbocycles. The smallest absolute Gasteiger partial charge is 0.203 e. The van der Waals surface area contributed by atoms with Crippen molar-refractivity contribution in [2.45, 2.75) is 12.8 Å². The molecular weight excluding hydrogens is 344 g/mol. The van der Waals surface area contributed by atoms with Crippen molar-refractivity contribution in [2.24, 2.45) is 0 Å². The lowest BCUT2D eigenvalue weighted by Crippen LogP contribution is -2.07. The monoisotopic (exact) mass is 368 g/mol. The van der Waals surface area contributed by atoms with E-state index < -0.39 is 0 Å². The van der Waals surface area contributed by atoms with E-state index in [4.69, 9.17) is 18.9 Å². The minimum absolute atomic E-state index is 0.0812. The first kappa shape index (κ1) is 18.7. The average molecular weight is 368 g/mol. The normalized spacial score (nSPS) is 12.7. The molecule has 0 aromatic heterocycles. The van der Waals surface area contributed by atoms with Crippen LogP contribution >= 0.6 is 0 Å². The lowest BCUT2D eigenvalue weighted by Gasteiger charge is -2.25. The van der Waals surface area contributed by atoms with Crippen LogP contribution in [-0.4, -0.2) is 33.5 Å². The first-order valence-corrected chi connectivity index (χ1v) is 8.64. The molecule has 27 heavy (non-hydrogen) atoms. The van der Waals surface area contributed by atoms with E-state index in [2.05, 4.69) is 12.7 Å². The van der Waals surface area contributed by atoms with Crippen LogP contribution in [0.1, 0.15) is 23.1 Å². The van der Waals surface area contributed by atoms with Crippen molar-refractivity contribution >= 4 is 11.1 Å². The zero-order chi connectivity index (χ0) is 19.6. The van der Waals surface area contributed by atoms with Gasteiger partial charge in [0.25, 0.3) is 0 Å². The largest absolute Gasteiger partial charge is 0.504 e. The minimum atomic E-state index is 0.0812. The Morgan fingerprint density at radius 1 is 0.926 bits per heavy atom. The average Bonchev–Trinajstić information content (AvgIpc) is 2.70. The zero-order valence-electron chi connectivity index (χ0n) is 16.1. The molecule has 1 aliphatic rings. The van der Waals surface area contributed by atoms with E-state index in [9.17, 15) is 5.11 Å². The van der Waals surface area contributed by atoms with Crippen LogP contribution in [0, 0.1) is 0 Å². The van der Waals surface area contributed by atoms with Gasteiger partial charge in [-0.1, -0.05) is 18.7 Å². The van der Waals surface area contributed by atoms with Gasteiger partial charge in [0.05, 0.1) is 28.4 Å². The molecule has 0 fully saturated rings. The highest BCUT2D eigenvalue weighted by Gasteiger charge is 2.25. The van der Waals surface area contributed by atoms with Gasteiger partial charge in [-0.3, -0.25) is 0 Å². The molecular formula is C22H24O5. The summed E-state index contributed by atoms with van der Waals surface area (Å²) >= 11 is 0. The van der Waals surface area contributed by atoms with Crippen molar-refractivity contribution in [2.75, 3.05) is 28.4 Å². The third-order valence-corrected chi connectivity index (χ3v) is 4.82. The van der Waals surface area contributed by atoms with Crippen molar-refractivity contribution in [1.82, 2.24) is 0 Å². The number of aromatic hydroxyl groups is 1. The number of methoxy groups -OCH3 is 4. The number of allylic oxidation sites excluding steroid dienone is 3. The fraction of sp³-hybridized carbons (Fsp3) is 0.273. The lowest BCUT2D eigenvalue weighted by atomic mass is 9.84. The topological polar surface area (TPSA) is 57.2 Å². The standard InChI is InChI=1S/C22H24O5/c1-13(14-9-10-19(24-2)18(23)11-14)15-7-6-8-16-17(15)12-20(25-3)22(27-5)21(16)26-4/h7,9-12,23H,1,6,8H2,2-5H3. The number of hydrogen-bond acceptors (Lipinski definition) is 5. The molecule has 5 nitrogen and oxygen atoms in total. The Balaban J connectivity index is 2.11. The van der Waals surface area contributed by atoms with Gasteiger partial charge in [0.2, 0.25) is 5.75 Å². The highest BCUT2D eigenvalue weighted by atomic mass is 16.5. The molecule has 1 N–H and O–H groups in total. The highest BCUT2D eigenvalue weighted by molar-refractivity contribution is 6.06. The fourth-order valence-corrected chi connectivity index (χ4v) is 3.49. The summed E-state index contributed by atoms with van der Waals surface area (Å²) in [7, 11) is 6.36. The Morgan fingerprint density at radius 3 is 2.22 bits per heavy atom. The zero-order valence-corrected chi connectivity index (χ0v) is 16.1. The molecule has 0 amide bonds. The van der Waals surface area contributed by atoms with Gasteiger partial charge in [0.15, 0.2) is 23.0 Å². The molecule has 142 valence electrons. The fourth-order valence-electron chi connectivity index (χ4n) is 3.49. The molecule has 0 atom stereocenters. The third-order valence-electron chi connectivity index (χ3n) is 4.82. The number of benzene rings is 2. The Bertz CT molecular complexity index is 911. The van der Waals surface area contributed by atoms with Crippen molar-refractivity contribution in [1.29, 1.82) is 0 Å². The van der Waals surface area contributed by atoms with Crippen molar-refractivity contribution in [3.8, 4) is 28.7 Å². The molecule has 0 heterocycles. The second-order valence-electron chi connectivity index (χ2n) is 6.19. The molecule has 0 unspecified atom stereocenters. The summed E-state index contributed by atoms with van der Waals surface area (Å²) in [4.78, 5) is 0. The number of hydrogen-bond donors (Lipinski definition) is 1. The van der Waals surface area contributed by atoms with Crippen molar-refractivity contribution < 1.29 is 24.1 Å². The van der Waals surface area contributed by atoms with Crippen LogP contribution in [0.25, 0.3) is 11.1 Å².